The zero-order valence-corrected chi connectivity index (χ0v) is 25.2. The molecular weight excluding hydrogens is 534 g/mol. The highest BCUT2D eigenvalue weighted by atomic mass is 19.1. The van der Waals surface area contributed by atoms with Gasteiger partial charge in [-0.15, -0.1) is 0 Å². The molecular formula is C34H44F2N4O2. The molecule has 2 aliphatic heterocycles. The van der Waals surface area contributed by atoms with Crippen LogP contribution in [0, 0.1) is 11.6 Å². The number of hydrogen-bond acceptors (Lipinski definition) is 5. The standard InChI is InChI=1S/C34H44F2N4O2/c1-26(42-34(2,3)4)37-17-21-39-24-22-38(23-25-39)18-5-6-32(41)40-19-15-29(16-20-40)33(27-7-11-30(35)12-8-27)28-9-13-31(36)14-10-28/h5-14,37H,1,15-25H2,2-4H3/b6-5+. The molecule has 0 saturated carbocycles. The molecule has 2 heterocycles. The van der Waals surface area contributed by atoms with Crippen molar-refractivity contribution in [2.45, 2.75) is 39.2 Å². The maximum atomic E-state index is 13.6. The van der Waals surface area contributed by atoms with Gasteiger partial charge in [-0.2, -0.15) is 0 Å². The van der Waals surface area contributed by atoms with Crippen molar-refractivity contribution in [3.8, 4) is 0 Å². The number of halogens is 2. The van der Waals surface area contributed by atoms with Gasteiger partial charge in [0, 0.05) is 65.0 Å². The fourth-order valence-corrected chi connectivity index (χ4v) is 5.42. The summed E-state index contributed by atoms with van der Waals surface area (Å²) >= 11 is 0. The lowest BCUT2D eigenvalue weighted by atomic mass is 9.88. The number of rotatable bonds is 10. The van der Waals surface area contributed by atoms with Gasteiger partial charge in [0.05, 0.1) is 0 Å². The molecule has 2 aromatic carbocycles. The lowest BCUT2D eigenvalue weighted by Crippen LogP contribution is -2.48. The zero-order chi connectivity index (χ0) is 30.1. The summed E-state index contributed by atoms with van der Waals surface area (Å²) in [6.45, 7) is 17.6. The second-order valence-corrected chi connectivity index (χ2v) is 11.9. The van der Waals surface area contributed by atoms with Gasteiger partial charge < -0.3 is 15.0 Å². The number of hydrogen-bond donors (Lipinski definition) is 1. The Morgan fingerprint density at radius 1 is 0.881 bits per heavy atom. The molecule has 1 amide bonds. The highest BCUT2D eigenvalue weighted by Crippen LogP contribution is 2.32. The number of benzene rings is 2. The van der Waals surface area contributed by atoms with Crippen LogP contribution in [0.5, 0.6) is 0 Å². The van der Waals surface area contributed by atoms with Gasteiger partial charge in [0.1, 0.15) is 17.2 Å². The quantitative estimate of drug-likeness (QED) is 0.301. The van der Waals surface area contributed by atoms with E-state index in [-0.39, 0.29) is 23.1 Å². The van der Waals surface area contributed by atoms with E-state index in [2.05, 4.69) is 21.7 Å². The Hall–Kier alpha value is -3.49. The molecule has 2 aromatic rings. The van der Waals surface area contributed by atoms with E-state index >= 15 is 0 Å². The minimum Gasteiger partial charge on any atom is -0.474 e. The molecule has 0 radical (unpaired) electrons. The molecule has 2 aliphatic rings. The maximum absolute atomic E-state index is 13.6. The van der Waals surface area contributed by atoms with Crippen LogP contribution < -0.4 is 5.32 Å². The van der Waals surface area contributed by atoms with Crippen molar-refractivity contribution in [3.05, 3.63) is 101 Å². The van der Waals surface area contributed by atoms with Crippen molar-refractivity contribution in [1.82, 2.24) is 20.0 Å². The number of carbonyl (C=O) groups is 1. The van der Waals surface area contributed by atoms with E-state index in [4.69, 9.17) is 4.74 Å². The van der Waals surface area contributed by atoms with Crippen LogP contribution in [0.3, 0.4) is 0 Å². The van der Waals surface area contributed by atoms with Crippen LogP contribution in [-0.4, -0.2) is 85.1 Å². The molecule has 2 saturated heterocycles. The fourth-order valence-electron chi connectivity index (χ4n) is 5.42. The number of nitrogens with zero attached hydrogens (tertiary/aromatic N) is 3. The summed E-state index contributed by atoms with van der Waals surface area (Å²) in [6, 6.07) is 12.8. The van der Waals surface area contributed by atoms with Crippen LogP contribution in [0.25, 0.3) is 5.57 Å². The van der Waals surface area contributed by atoms with Gasteiger partial charge in [0.15, 0.2) is 5.88 Å². The Balaban J connectivity index is 1.23. The molecule has 0 unspecified atom stereocenters. The molecule has 226 valence electrons. The van der Waals surface area contributed by atoms with Gasteiger partial charge in [-0.3, -0.25) is 14.6 Å². The summed E-state index contributed by atoms with van der Waals surface area (Å²) in [5, 5.41) is 3.25. The molecule has 6 nitrogen and oxygen atoms in total. The van der Waals surface area contributed by atoms with Crippen LogP contribution in [0.15, 0.2) is 78.7 Å². The maximum Gasteiger partial charge on any atom is 0.246 e. The number of carbonyl (C=O) groups excluding carboxylic acids is 1. The number of ether oxygens (including phenoxy) is 1. The number of piperazine rings is 1. The van der Waals surface area contributed by atoms with Crippen molar-refractivity contribution < 1.29 is 18.3 Å². The summed E-state index contributed by atoms with van der Waals surface area (Å²) in [4.78, 5) is 19.6. The van der Waals surface area contributed by atoms with Crippen molar-refractivity contribution in [3.63, 3.8) is 0 Å². The van der Waals surface area contributed by atoms with Crippen LogP contribution in [-0.2, 0) is 9.53 Å². The summed E-state index contributed by atoms with van der Waals surface area (Å²) in [7, 11) is 0. The van der Waals surface area contributed by atoms with Gasteiger partial charge in [-0.05, 0) is 81.2 Å². The average molecular weight is 579 g/mol. The summed E-state index contributed by atoms with van der Waals surface area (Å²) in [5.41, 5.74) is 3.73. The second-order valence-electron chi connectivity index (χ2n) is 11.9. The van der Waals surface area contributed by atoms with Crippen molar-refractivity contribution in [2.24, 2.45) is 0 Å². The van der Waals surface area contributed by atoms with Gasteiger partial charge in [0.2, 0.25) is 5.91 Å². The molecule has 0 aliphatic carbocycles. The minimum absolute atomic E-state index is 0.0292. The highest BCUT2D eigenvalue weighted by Gasteiger charge is 2.22. The molecule has 2 fully saturated rings. The Bertz CT molecular complexity index is 1200. The van der Waals surface area contributed by atoms with E-state index in [1.54, 1.807) is 30.3 Å². The van der Waals surface area contributed by atoms with Gasteiger partial charge >= 0.3 is 0 Å². The van der Waals surface area contributed by atoms with Gasteiger partial charge in [-0.1, -0.05) is 35.9 Å². The normalized spacial score (nSPS) is 17.0. The molecule has 0 atom stereocenters. The lowest BCUT2D eigenvalue weighted by molar-refractivity contribution is -0.126. The Morgan fingerprint density at radius 3 is 1.93 bits per heavy atom. The first-order valence-corrected chi connectivity index (χ1v) is 14.8. The summed E-state index contributed by atoms with van der Waals surface area (Å²) in [5.74, 6) is 0.0512. The first-order chi connectivity index (χ1) is 20.1. The smallest absolute Gasteiger partial charge is 0.246 e. The number of amides is 1. The van der Waals surface area contributed by atoms with E-state index in [9.17, 15) is 13.6 Å². The Morgan fingerprint density at radius 2 is 1.40 bits per heavy atom. The third-order valence-corrected chi connectivity index (χ3v) is 7.57. The van der Waals surface area contributed by atoms with E-state index in [1.165, 1.54) is 29.8 Å². The number of piperidine rings is 1. The van der Waals surface area contributed by atoms with Crippen LogP contribution in [0.1, 0.15) is 44.7 Å². The van der Waals surface area contributed by atoms with E-state index in [0.29, 0.717) is 19.0 Å². The van der Waals surface area contributed by atoms with Gasteiger partial charge in [0.25, 0.3) is 0 Å². The molecule has 4 rings (SSSR count). The summed E-state index contributed by atoms with van der Waals surface area (Å²) < 4.78 is 32.9. The first-order valence-electron chi connectivity index (χ1n) is 14.8. The molecule has 42 heavy (non-hydrogen) atoms. The van der Waals surface area contributed by atoms with Gasteiger partial charge in [-0.25, -0.2) is 8.78 Å². The van der Waals surface area contributed by atoms with Crippen LogP contribution in [0.2, 0.25) is 0 Å². The van der Waals surface area contributed by atoms with Crippen molar-refractivity contribution in [2.75, 3.05) is 58.9 Å². The molecule has 1 N–H and O–H groups in total. The molecule has 8 heteroatoms. The monoisotopic (exact) mass is 578 g/mol. The van der Waals surface area contributed by atoms with Crippen molar-refractivity contribution >= 4 is 11.5 Å². The summed E-state index contributed by atoms with van der Waals surface area (Å²) in [6.07, 6.45) is 5.11. The van der Waals surface area contributed by atoms with Crippen molar-refractivity contribution in [1.29, 1.82) is 0 Å². The average Bonchev–Trinajstić information content (AvgIpc) is 2.95. The second kappa shape index (κ2) is 14.6. The SMILES string of the molecule is C=C(NCCN1CCN(C/C=C/C(=O)N2CCC(=C(c3ccc(F)cc3)c3ccc(F)cc3)CC2)CC1)OC(C)(C)C. The number of nitrogens with one attached hydrogen (secondary N) is 1. The van der Waals surface area contributed by atoms with E-state index in [1.807, 2.05) is 31.7 Å². The minimum atomic E-state index is -0.294. The van der Waals surface area contributed by atoms with E-state index < -0.39 is 0 Å². The predicted octanol–water partition coefficient (Wildman–Crippen LogP) is 5.44. The number of likely N-dealkylation sites (tertiary alicyclic amines) is 1. The predicted molar refractivity (Wildman–Crippen MR) is 165 cm³/mol. The molecule has 0 bridgehead atoms. The Labute approximate surface area is 249 Å². The molecule has 0 spiro atoms. The van der Waals surface area contributed by atoms with Crippen LogP contribution in [0.4, 0.5) is 8.78 Å². The lowest BCUT2D eigenvalue weighted by Gasteiger charge is -2.34. The Kier molecular flexibility index (Phi) is 10.9. The highest BCUT2D eigenvalue weighted by molar-refractivity contribution is 5.88. The zero-order valence-electron chi connectivity index (χ0n) is 25.2. The fraction of sp³-hybridized carbons (Fsp3) is 0.441. The topological polar surface area (TPSA) is 48.0 Å². The van der Waals surface area contributed by atoms with E-state index in [0.717, 1.165) is 75.4 Å². The first kappa shape index (κ1) is 31.4. The van der Waals surface area contributed by atoms with Crippen LogP contribution >= 0.6 is 0 Å². The third-order valence-electron chi connectivity index (χ3n) is 7.57. The molecule has 0 aromatic heterocycles. The third kappa shape index (κ3) is 9.53. The largest absolute Gasteiger partial charge is 0.474 e.